The van der Waals surface area contributed by atoms with Crippen LogP contribution in [0.3, 0.4) is 0 Å². The summed E-state index contributed by atoms with van der Waals surface area (Å²) in [6.07, 6.45) is 0. The molecule has 22 heavy (non-hydrogen) atoms. The predicted molar refractivity (Wildman–Crippen MR) is 84.8 cm³/mol. The van der Waals surface area contributed by atoms with Gasteiger partial charge >= 0.3 is 7.82 Å². The molecule has 0 unspecified atom stereocenters. The van der Waals surface area contributed by atoms with Crippen molar-refractivity contribution < 1.29 is 23.2 Å². The fourth-order valence-electron chi connectivity index (χ4n) is 1.83. The number of fused-ring (bicyclic) bond motifs is 1. The van der Waals surface area contributed by atoms with E-state index in [-0.39, 0.29) is 41.6 Å². The van der Waals surface area contributed by atoms with Gasteiger partial charge in [0.05, 0.1) is 34.6 Å². The van der Waals surface area contributed by atoms with Crippen molar-refractivity contribution in [3.63, 3.8) is 0 Å². The zero-order valence-corrected chi connectivity index (χ0v) is 14.2. The first-order valence-corrected chi connectivity index (χ1v) is 9.19. The SMILES string of the molecule is Nc1nc2c(OP3(=O)OCC(CO)CO3)cc(Cl)c(Cl)c2s1. The first-order chi connectivity index (χ1) is 10.4. The van der Waals surface area contributed by atoms with Crippen molar-refractivity contribution in [2.24, 2.45) is 5.92 Å². The molecule has 0 bridgehead atoms. The van der Waals surface area contributed by atoms with Crippen LogP contribution in [0.4, 0.5) is 5.13 Å². The highest BCUT2D eigenvalue weighted by Gasteiger charge is 2.36. The summed E-state index contributed by atoms with van der Waals surface area (Å²) in [5, 5.41) is 9.79. The van der Waals surface area contributed by atoms with Crippen molar-refractivity contribution in [1.29, 1.82) is 0 Å². The summed E-state index contributed by atoms with van der Waals surface area (Å²) in [4.78, 5) is 4.10. The number of rotatable bonds is 3. The van der Waals surface area contributed by atoms with Gasteiger partial charge in [0.1, 0.15) is 5.52 Å². The molecule has 0 amide bonds. The molecule has 2 heterocycles. The van der Waals surface area contributed by atoms with Crippen molar-refractivity contribution in [1.82, 2.24) is 4.98 Å². The Hall–Kier alpha value is -0.600. The van der Waals surface area contributed by atoms with E-state index in [4.69, 9.17) is 47.6 Å². The molecule has 11 heteroatoms. The van der Waals surface area contributed by atoms with Gasteiger partial charge in [-0.1, -0.05) is 34.5 Å². The number of hydrogen-bond acceptors (Lipinski definition) is 8. The molecule has 0 spiro atoms. The van der Waals surface area contributed by atoms with Gasteiger partial charge in [0.25, 0.3) is 0 Å². The van der Waals surface area contributed by atoms with Crippen LogP contribution in [-0.2, 0) is 13.6 Å². The van der Waals surface area contributed by atoms with Crippen LogP contribution in [0.5, 0.6) is 5.75 Å². The Morgan fingerprint density at radius 2 is 2.18 bits per heavy atom. The van der Waals surface area contributed by atoms with Crippen LogP contribution in [0.2, 0.25) is 10.0 Å². The number of hydrogen-bond donors (Lipinski definition) is 2. The predicted octanol–water partition coefficient (Wildman–Crippen LogP) is 3.33. The van der Waals surface area contributed by atoms with Gasteiger partial charge in [-0.3, -0.25) is 9.05 Å². The standard InChI is InChI=1S/C11H11Cl2N2O5PS/c12-6-1-7(9-10(8(6)13)22-11(14)15-9)20-21(17)18-3-5(2-16)4-19-21/h1,5,16H,2-4H2,(H2,14,15). The van der Waals surface area contributed by atoms with Crippen molar-refractivity contribution in [2.45, 2.75) is 0 Å². The Bertz CT molecular complexity index is 759. The van der Waals surface area contributed by atoms with Gasteiger partial charge in [0.2, 0.25) is 0 Å². The lowest BCUT2D eigenvalue weighted by molar-refractivity contribution is 0.0365. The van der Waals surface area contributed by atoms with Crippen molar-refractivity contribution >= 4 is 57.7 Å². The quantitative estimate of drug-likeness (QED) is 0.781. The molecule has 3 N–H and O–H groups in total. The topological polar surface area (TPSA) is 104 Å². The summed E-state index contributed by atoms with van der Waals surface area (Å²) in [6, 6.07) is 1.38. The monoisotopic (exact) mass is 384 g/mol. The molecule has 1 fully saturated rings. The lowest BCUT2D eigenvalue weighted by atomic mass is 10.2. The van der Waals surface area contributed by atoms with Gasteiger partial charge in [-0.05, 0) is 0 Å². The van der Waals surface area contributed by atoms with E-state index < -0.39 is 7.82 Å². The maximum atomic E-state index is 12.4. The lowest BCUT2D eigenvalue weighted by Gasteiger charge is -2.27. The average Bonchev–Trinajstić information content (AvgIpc) is 2.88. The summed E-state index contributed by atoms with van der Waals surface area (Å²) in [5.41, 5.74) is 6.01. The number of nitrogens with zero attached hydrogens (tertiary/aromatic N) is 1. The number of phosphoric ester groups is 1. The maximum absolute atomic E-state index is 12.4. The molecule has 7 nitrogen and oxygen atoms in total. The third-order valence-corrected chi connectivity index (χ3v) is 6.10. The number of aliphatic hydroxyl groups excluding tert-OH is 1. The van der Waals surface area contributed by atoms with E-state index >= 15 is 0 Å². The molecule has 1 saturated heterocycles. The Morgan fingerprint density at radius 3 is 2.82 bits per heavy atom. The van der Waals surface area contributed by atoms with Crippen molar-refractivity contribution in [2.75, 3.05) is 25.6 Å². The number of phosphoric acid groups is 1. The minimum atomic E-state index is -3.80. The molecule has 0 saturated carbocycles. The number of aromatic nitrogens is 1. The second-order valence-electron chi connectivity index (χ2n) is 4.58. The number of thiazole rings is 1. The highest BCUT2D eigenvalue weighted by atomic mass is 35.5. The van der Waals surface area contributed by atoms with E-state index in [1.165, 1.54) is 6.07 Å². The van der Waals surface area contributed by atoms with Crippen LogP contribution >= 0.6 is 42.4 Å². The Kier molecular flexibility index (Phi) is 4.53. The molecule has 1 aromatic heterocycles. The van der Waals surface area contributed by atoms with Crippen LogP contribution in [0.25, 0.3) is 10.2 Å². The molecule has 3 rings (SSSR count). The van der Waals surface area contributed by atoms with E-state index in [1.807, 2.05) is 0 Å². The maximum Gasteiger partial charge on any atom is 0.530 e. The normalized spacial score (nSPS) is 25.5. The largest absolute Gasteiger partial charge is 0.530 e. The lowest BCUT2D eigenvalue weighted by Crippen LogP contribution is -2.25. The zero-order valence-electron chi connectivity index (χ0n) is 11.0. The number of benzene rings is 1. The summed E-state index contributed by atoms with van der Waals surface area (Å²) in [5.74, 6) is -0.127. The fourth-order valence-corrected chi connectivity index (χ4v) is 4.48. The van der Waals surface area contributed by atoms with Crippen molar-refractivity contribution in [3.8, 4) is 5.75 Å². The molecule has 0 aliphatic carbocycles. The average molecular weight is 385 g/mol. The Labute approximate surface area is 139 Å². The van der Waals surface area contributed by atoms with Gasteiger partial charge in [-0.15, -0.1) is 0 Å². The van der Waals surface area contributed by atoms with E-state index in [2.05, 4.69) is 4.98 Å². The van der Waals surface area contributed by atoms with Gasteiger partial charge in [0.15, 0.2) is 10.9 Å². The van der Waals surface area contributed by atoms with E-state index in [0.717, 1.165) is 11.3 Å². The fraction of sp³-hybridized carbons (Fsp3) is 0.364. The van der Waals surface area contributed by atoms with Crippen LogP contribution < -0.4 is 10.3 Å². The molecule has 0 radical (unpaired) electrons. The number of halogens is 2. The molecule has 120 valence electrons. The zero-order chi connectivity index (χ0) is 15.9. The molecule has 2 aromatic rings. The molecular weight excluding hydrogens is 374 g/mol. The number of anilines is 1. The second-order valence-corrected chi connectivity index (χ2v) is 7.99. The Balaban J connectivity index is 1.94. The number of nitrogen functional groups attached to an aromatic ring is 1. The highest BCUT2D eigenvalue weighted by Crippen LogP contribution is 2.54. The third kappa shape index (κ3) is 3.05. The van der Waals surface area contributed by atoms with Crippen LogP contribution in [0, 0.1) is 5.92 Å². The molecular formula is C11H11Cl2N2O5PS. The van der Waals surface area contributed by atoms with E-state index in [9.17, 15) is 4.57 Å². The van der Waals surface area contributed by atoms with Gasteiger partial charge in [0, 0.05) is 12.0 Å². The molecule has 0 atom stereocenters. The van der Waals surface area contributed by atoms with Crippen LogP contribution in [0.15, 0.2) is 6.07 Å². The number of aliphatic hydroxyl groups is 1. The summed E-state index contributed by atoms with van der Waals surface area (Å²) in [6.45, 7) is 0.00846. The van der Waals surface area contributed by atoms with Gasteiger partial charge < -0.3 is 15.4 Å². The molecule has 1 aliphatic heterocycles. The minimum absolute atomic E-state index is 0.0669. The van der Waals surface area contributed by atoms with Crippen molar-refractivity contribution in [3.05, 3.63) is 16.1 Å². The second kappa shape index (κ2) is 6.13. The van der Waals surface area contributed by atoms with Crippen LogP contribution in [-0.4, -0.2) is 29.9 Å². The summed E-state index contributed by atoms with van der Waals surface area (Å²) < 4.78 is 28.6. The first-order valence-electron chi connectivity index (χ1n) is 6.15. The van der Waals surface area contributed by atoms with E-state index in [0.29, 0.717) is 15.2 Å². The summed E-state index contributed by atoms with van der Waals surface area (Å²) in [7, 11) is -3.80. The summed E-state index contributed by atoms with van der Waals surface area (Å²) >= 11 is 13.3. The molecule has 1 aliphatic rings. The Morgan fingerprint density at radius 1 is 1.50 bits per heavy atom. The minimum Gasteiger partial charge on any atom is -0.402 e. The van der Waals surface area contributed by atoms with Crippen LogP contribution in [0.1, 0.15) is 0 Å². The third-order valence-electron chi connectivity index (χ3n) is 2.95. The highest BCUT2D eigenvalue weighted by molar-refractivity contribution is 7.49. The first kappa shape index (κ1) is 16.3. The smallest absolute Gasteiger partial charge is 0.402 e. The number of nitrogens with two attached hydrogens (primary N) is 1. The van der Waals surface area contributed by atoms with E-state index in [1.54, 1.807) is 0 Å². The van der Waals surface area contributed by atoms with Gasteiger partial charge in [-0.25, -0.2) is 9.55 Å². The van der Waals surface area contributed by atoms with Gasteiger partial charge in [-0.2, -0.15) is 0 Å². The molecule has 1 aromatic carbocycles.